The predicted octanol–water partition coefficient (Wildman–Crippen LogP) is 3.66. The summed E-state index contributed by atoms with van der Waals surface area (Å²) in [7, 11) is 0. The average molecular weight is 272 g/mol. The van der Waals surface area contributed by atoms with E-state index in [1.165, 1.54) is 0 Å². The van der Waals surface area contributed by atoms with Crippen molar-refractivity contribution in [1.29, 1.82) is 5.26 Å². The topological polar surface area (TPSA) is 44.0 Å². The summed E-state index contributed by atoms with van der Waals surface area (Å²) in [5.74, 6) is 0. The highest BCUT2D eigenvalue weighted by Gasteiger charge is 2.24. The zero-order valence-electron chi connectivity index (χ0n) is 10.6. The number of nitrogens with zero attached hydrogens (tertiary/aromatic N) is 1. The average Bonchev–Trinajstić information content (AvgIpc) is 2.41. The normalized spacial score (nSPS) is 13.6. The standard InChI is InChI=1S/C16H14ClNO/c1-16(19,10-13-6-2-3-8-15(13)17)14-7-4-5-12(9-14)11-18/h2-9,19H,10H2,1H3. The van der Waals surface area contributed by atoms with E-state index in [-0.39, 0.29) is 0 Å². The molecule has 2 rings (SSSR count). The molecule has 0 heterocycles. The van der Waals surface area contributed by atoms with Gasteiger partial charge in [-0.3, -0.25) is 0 Å². The highest BCUT2D eigenvalue weighted by molar-refractivity contribution is 6.31. The molecule has 0 aromatic heterocycles. The number of nitriles is 1. The van der Waals surface area contributed by atoms with Gasteiger partial charge in [-0.2, -0.15) is 5.26 Å². The van der Waals surface area contributed by atoms with Crippen molar-refractivity contribution in [3.63, 3.8) is 0 Å². The van der Waals surface area contributed by atoms with Gasteiger partial charge in [0.2, 0.25) is 0 Å². The molecule has 96 valence electrons. The van der Waals surface area contributed by atoms with Gasteiger partial charge in [0.1, 0.15) is 0 Å². The van der Waals surface area contributed by atoms with E-state index in [9.17, 15) is 5.11 Å². The van der Waals surface area contributed by atoms with Gasteiger partial charge >= 0.3 is 0 Å². The maximum atomic E-state index is 10.6. The van der Waals surface area contributed by atoms with Crippen LogP contribution in [0.2, 0.25) is 5.02 Å². The van der Waals surface area contributed by atoms with Gasteiger partial charge < -0.3 is 5.11 Å². The molecule has 0 saturated heterocycles. The lowest BCUT2D eigenvalue weighted by molar-refractivity contribution is 0.0576. The van der Waals surface area contributed by atoms with E-state index in [1.807, 2.05) is 24.3 Å². The second-order valence-corrected chi connectivity index (χ2v) is 5.14. The molecular formula is C16H14ClNO. The number of hydrogen-bond acceptors (Lipinski definition) is 2. The Hall–Kier alpha value is -1.82. The number of aliphatic hydroxyl groups is 1. The summed E-state index contributed by atoms with van der Waals surface area (Å²) >= 11 is 6.11. The molecule has 0 fully saturated rings. The Morgan fingerprint density at radius 1 is 1.21 bits per heavy atom. The molecular weight excluding hydrogens is 258 g/mol. The molecule has 0 bridgehead atoms. The van der Waals surface area contributed by atoms with Crippen LogP contribution in [0.3, 0.4) is 0 Å². The molecule has 2 aromatic carbocycles. The van der Waals surface area contributed by atoms with E-state index in [4.69, 9.17) is 16.9 Å². The molecule has 0 aliphatic heterocycles. The van der Waals surface area contributed by atoms with Crippen molar-refractivity contribution in [2.75, 3.05) is 0 Å². The zero-order valence-corrected chi connectivity index (χ0v) is 11.4. The third-order valence-corrected chi connectivity index (χ3v) is 3.47. The minimum atomic E-state index is -1.06. The summed E-state index contributed by atoms with van der Waals surface area (Å²) in [5.41, 5.74) is 1.08. The Bertz CT molecular complexity index is 629. The van der Waals surface area contributed by atoms with Crippen LogP contribution in [0.4, 0.5) is 0 Å². The van der Waals surface area contributed by atoms with Crippen molar-refractivity contribution in [2.24, 2.45) is 0 Å². The van der Waals surface area contributed by atoms with Gasteiger partial charge in [-0.05, 0) is 36.2 Å². The summed E-state index contributed by atoms with van der Waals surface area (Å²) in [4.78, 5) is 0. The van der Waals surface area contributed by atoms with Crippen LogP contribution in [-0.4, -0.2) is 5.11 Å². The molecule has 19 heavy (non-hydrogen) atoms. The molecule has 0 aliphatic carbocycles. The van der Waals surface area contributed by atoms with Crippen LogP contribution < -0.4 is 0 Å². The van der Waals surface area contributed by atoms with Crippen molar-refractivity contribution < 1.29 is 5.11 Å². The van der Waals surface area contributed by atoms with Crippen molar-refractivity contribution in [3.05, 3.63) is 70.2 Å². The summed E-state index contributed by atoms with van der Waals surface area (Å²) in [6.07, 6.45) is 0.404. The molecule has 0 spiro atoms. The van der Waals surface area contributed by atoms with Crippen LogP contribution in [0.25, 0.3) is 0 Å². The van der Waals surface area contributed by atoms with Gasteiger partial charge in [-0.15, -0.1) is 0 Å². The van der Waals surface area contributed by atoms with Gasteiger partial charge in [-0.25, -0.2) is 0 Å². The fourth-order valence-corrected chi connectivity index (χ4v) is 2.24. The number of hydrogen-bond donors (Lipinski definition) is 1. The van der Waals surface area contributed by atoms with Crippen LogP contribution in [0.15, 0.2) is 48.5 Å². The highest BCUT2D eigenvalue weighted by atomic mass is 35.5. The first-order valence-electron chi connectivity index (χ1n) is 5.99. The molecule has 2 nitrogen and oxygen atoms in total. The summed E-state index contributed by atoms with van der Waals surface area (Å²) < 4.78 is 0. The molecule has 0 aliphatic rings. The fourth-order valence-electron chi connectivity index (χ4n) is 2.04. The van der Waals surface area contributed by atoms with Crippen LogP contribution in [0.5, 0.6) is 0 Å². The summed E-state index contributed by atoms with van der Waals surface area (Å²) in [6, 6.07) is 16.5. The van der Waals surface area contributed by atoms with Gasteiger partial charge in [0.25, 0.3) is 0 Å². The molecule has 1 unspecified atom stereocenters. The van der Waals surface area contributed by atoms with Crippen LogP contribution >= 0.6 is 11.6 Å². The lowest BCUT2D eigenvalue weighted by Crippen LogP contribution is -2.24. The maximum Gasteiger partial charge on any atom is 0.0991 e. The molecule has 2 aromatic rings. The quantitative estimate of drug-likeness (QED) is 0.926. The van der Waals surface area contributed by atoms with Crippen LogP contribution in [0.1, 0.15) is 23.6 Å². The van der Waals surface area contributed by atoms with Crippen molar-refractivity contribution in [1.82, 2.24) is 0 Å². The molecule has 0 radical (unpaired) electrons. The molecule has 0 amide bonds. The molecule has 1 N–H and O–H groups in total. The predicted molar refractivity (Wildman–Crippen MR) is 75.9 cm³/mol. The second-order valence-electron chi connectivity index (χ2n) is 4.73. The number of benzene rings is 2. The van der Waals surface area contributed by atoms with Gasteiger partial charge in [-0.1, -0.05) is 41.9 Å². The van der Waals surface area contributed by atoms with Crippen molar-refractivity contribution >= 4 is 11.6 Å². The van der Waals surface area contributed by atoms with Gasteiger partial charge in [0.15, 0.2) is 0 Å². The minimum Gasteiger partial charge on any atom is -0.385 e. The third-order valence-electron chi connectivity index (χ3n) is 3.11. The van der Waals surface area contributed by atoms with Crippen LogP contribution in [0, 0.1) is 11.3 Å². The molecule has 3 heteroatoms. The van der Waals surface area contributed by atoms with Crippen molar-refractivity contribution in [2.45, 2.75) is 18.9 Å². The fraction of sp³-hybridized carbons (Fsp3) is 0.188. The van der Waals surface area contributed by atoms with E-state index in [0.29, 0.717) is 22.6 Å². The molecule has 1 atom stereocenters. The van der Waals surface area contributed by atoms with E-state index >= 15 is 0 Å². The maximum absolute atomic E-state index is 10.6. The monoisotopic (exact) mass is 271 g/mol. The van der Waals surface area contributed by atoms with Gasteiger partial charge in [0, 0.05) is 11.4 Å². The van der Waals surface area contributed by atoms with E-state index in [2.05, 4.69) is 6.07 Å². The van der Waals surface area contributed by atoms with Crippen LogP contribution in [-0.2, 0) is 12.0 Å². The van der Waals surface area contributed by atoms with E-state index < -0.39 is 5.60 Å². The Kier molecular flexibility index (Phi) is 3.90. The second kappa shape index (κ2) is 5.44. The number of halogens is 1. The molecule has 0 saturated carbocycles. The minimum absolute atomic E-state index is 0.404. The largest absolute Gasteiger partial charge is 0.385 e. The Balaban J connectivity index is 2.32. The smallest absolute Gasteiger partial charge is 0.0991 e. The van der Waals surface area contributed by atoms with Gasteiger partial charge in [0.05, 0.1) is 17.2 Å². The Labute approximate surface area is 117 Å². The lowest BCUT2D eigenvalue weighted by atomic mass is 9.88. The Morgan fingerprint density at radius 2 is 1.95 bits per heavy atom. The SMILES string of the molecule is CC(O)(Cc1ccccc1Cl)c1cccc(C#N)c1. The van der Waals surface area contributed by atoms with E-state index in [1.54, 1.807) is 31.2 Å². The van der Waals surface area contributed by atoms with E-state index in [0.717, 1.165) is 5.56 Å². The Morgan fingerprint density at radius 3 is 2.63 bits per heavy atom. The lowest BCUT2D eigenvalue weighted by Gasteiger charge is -2.24. The van der Waals surface area contributed by atoms with Crippen molar-refractivity contribution in [3.8, 4) is 6.07 Å². The first-order chi connectivity index (χ1) is 9.03. The number of rotatable bonds is 3. The summed E-state index contributed by atoms with van der Waals surface area (Å²) in [6.45, 7) is 1.73. The first kappa shape index (κ1) is 13.6. The summed E-state index contributed by atoms with van der Waals surface area (Å²) in [5, 5.41) is 20.2. The first-order valence-corrected chi connectivity index (χ1v) is 6.37. The zero-order chi connectivity index (χ0) is 13.9. The third kappa shape index (κ3) is 3.14. The highest BCUT2D eigenvalue weighted by Crippen LogP contribution is 2.28.